The number of nitrogens with zero attached hydrogens (tertiary/aromatic N) is 2. The molecule has 3 aliphatic rings. The Hall–Kier alpha value is -2.34. The predicted molar refractivity (Wildman–Crippen MR) is 94.5 cm³/mol. The maximum absolute atomic E-state index is 12.5. The molecule has 0 radical (unpaired) electrons. The molecule has 2 heterocycles. The van der Waals surface area contributed by atoms with Crippen molar-refractivity contribution in [1.29, 1.82) is 0 Å². The lowest BCUT2D eigenvalue weighted by atomic mass is 9.85. The number of amides is 3. The molecule has 0 spiro atoms. The number of ether oxygens (including phenoxy) is 1. The highest BCUT2D eigenvalue weighted by molar-refractivity contribution is 6.30. The molecule has 4 rings (SSSR count). The van der Waals surface area contributed by atoms with Crippen LogP contribution in [0.2, 0.25) is 5.02 Å². The molecule has 6 nitrogen and oxygen atoms in total. The molecule has 0 aromatic heterocycles. The molecule has 2 aliphatic heterocycles. The zero-order chi connectivity index (χ0) is 18.3. The number of rotatable bonds is 4. The molecule has 1 aliphatic carbocycles. The number of allylic oxidation sites excluding steroid dienone is 2. The number of hydrogen-bond donors (Lipinski definition) is 0. The van der Waals surface area contributed by atoms with Crippen LogP contribution in [0.25, 0.3) is 0 Å². The number of carbonyl (C=O) groups is 3. The van der Waals surface area contributed by atoms with E-state index < -0.39 is 0 Å². The van der Waals surface area contributed by atoms with E-state index in [1.165, 1.54) is 4.90 Å². The first-order chi connectivity index (χ1) is 12.5. The lowest BCUT2D eigenvalue weighted by Gasteiger charge is -2.43. The zero-order valence-electron chi connectivity index (χ0n) is 14.1. The fraction of sp³-hybridized carbons (Fsp3) is 0.421. The van der Waals surface area contributed by atoms with Gasteiger partial charge in [0.1, 0.15) is 5.75 Å². The largest absolute Gasteiger partial charge is 0.484 e. The summed E-state index contributed by atoms with van der Waals surface area (Å²) in [7, 11) is 0. The first-order valence-corrected chi connectivity index (χ1v) is 9.10. The number of hydrogen-bond acceptors (Lipinski definition) is 4. The molecule has 2 atom stereocenters. The average Bonchev–Trinajstić information content (AvgIpc) is 2.86. The minimum atomic E-state index is -0.217. The number of imide groups is 1. The maximum atomic E-state index is 12.5. The average molecular weight is 375 g/mol. The van der Waals surface area contributed by atoms with E-state index >= 15 is 0 Å². The molecular formula is C19H19ClN2O4. The Morgan fingerprint density at radius 2 is 1.62 bits per heavy atom. The Morgan fingerprint density at radius 1 is 1.04 bits per heavy atom. The number of likely N-dealkylation sites (tertiary alicyclic amines) is 2. The van der Waals surface area contributed by atoms with E-state index in [1.54, 1.807) is 29.2 Å². The Kier molecular flexibility index (Phi) is 4.44. The molecule has 1 aromatic carbocycles. The molecule has 3 amide bonds. The Balaban J connectivity index is 1.29. The highest BCUT2D eigenvalue weighted by Crippen LogP contribution is 2.37. The van der Waals surface area contributed by atoms with Crippen molar-refractivity contribution in [2.24, 2.45) is 11.8 Å². The molecule has 2 unspecified atom stereocenters. The minimum absolute atomic E-state index is 0.0780. The molecule has 2 saturated heterocycles. The summed E-state index contributed by atoms with van der Waals surface area (Å²) in [5, 5.41) is 0.602. The van der Waals surface area contributed by atoms with Crippen LogP contribution in [-0.2, 0) is 14.4 Å². The van der Waals surface area contributed by atoms with Gasteiger partial charge in [0.2, 0.25) is 11.8 Å². The Labute approximate surface area is 156 Å². The topological polar surface area (TPSA) is 66.9 Å². The third-order valence-corrected chi connectivity index (χ3v) is 5.55. The van der Waals surface area contributed by atoms with Crippen LogP contribution < -0.4 is 4.74 Å². The highest BCUT2D eigenvalue weighted by Gasteiger charge is 2.52. The van der Waals surface area contributed by atoms with Gasteiger partial charge in [-0.15, -0.1) is 0 Å². The lowest BCUT2D eigenvalue weighted by Crippen LogP contribution is -2.63. The van der Waals surface area contributed by atoms with Crippen molar-refractivity contribution in [1.82, 2.24) is 9.80 Å². The molecule has 2 fully saturated rings. The van der Waals surface area contributed by atoms with Crippen molar-refractivity contribution in [3.05, 3.63) is 41.4 Å². The molecule has 26 heavy (non-hydrogen) atoms. The first-order valence-electron chi connectivity index (χ1n) is 8.72. The van der Waals surface area contributed by atoms with E-state index in [9.17, 15) is 14.4 Å². The summed E-state index contributed by atoms with van der Waals surface area (Å²) < 4.78 is 5.45. The van der Waals surface area contributed by atoms with Crippen LogP contribution in [0, 0.1) is 11.8 Å². The van der Waals surface area contributed by atoms with Crippen molar-refractivity contribution in [2.45, 2.75) is 18.9 Å². The third kappa shape index (κ3) is 2.98. The van der Waals surface area contributed by atoms with Gasteiger partial charge in [-0.1, -0.05) is 23.8 Å². The summed E-state index contributed by atoms with van der Waals surface area (Å²) in [5.74, 6) is -0.190. The van der Waals surface area contributed by atoms with Crippen molar-refractivity contribution in [3.63, 3.8) is 0 Å². The molecule has 7 heteroatoms. The van der Waals surface area contributed by atoms with E-state index in [-0.39, 0.29) is 42.2 Å². The summed E-state index contributed by atoms with van der Waals surface area (Å²) in [5.41, 5.74) is 0. The van der Waals surface area contributed by atoms with Crippen LogP contribution in [0.5, 0.6) is 5.75 Å². The van der Waals surface area contributed by atoms with Gasteiger partial charge < -0.3 is 9.64 Å². The van der Waals surface area contributed by atoms with Crippen molar-refractivity contribution in [2.75, 3.05) is 19.7 Å². The van der Waals surface area contributed by atoms with E-state index in [0.29, 0.717) is 36.7 Å². The number of carbonyl (C=O) groups excluding carboxylic acids is 3. The fourth-order valence-electron chi connectivity index (χ4n) is 3.78. The summed E-state index contributed by atoms with van der Waals surface area (Å²) in [6.45, 7) is 0.686. The SMILES string of the molecule is O=C(COc1ccc(Cl)cc1)N1CC(N2C(=O)C3CC=CCC3C2=O)C1. The monoisotopic (exact) mass is 374 g/mol. The van der Waals surface area contributed by atoms with Crippen molar-refractivity contribution in [3.8, 4) is 5.75 Å². The van der Waals surface area contributed by atoms with Gasteiger partial charge in [-0.2, -0.15) is 0 Å². The van der Waals surface area contributed by atoms with Crippen LogP contribution in [-0.4, -0.2) is 53.3 Å². The minimum Gasteiger partial charge on any atom is -0.484 e. The molecule has 0 saturated carbocycles. The second kappa shape index (κ2) is 6.76. The molecule has 0 bridgehead atoms. The van der Waals surface area contributed by atoms with Gasteiger partial charge in [0.05, 0.1) is 17.9 Å². The fourth-order valence-corrected chi connectivity index (χ4v) is 3.90. The summed E-state index contributed by atoms with van der Waals surface area (Å²) in [6, 6.07) is 6.58. The second-order valence-electron chi connectivity index (χ2n) is 6.90. The molecule has 1 aromatic rings. The predicted octanol–water partition coefficient (Wildman–Crippen LogP) is 1.88. The number of fused-ring (bicyclic) bond motifs is 1. The van der Waals surface area contributed by atoms with Gasteiger partial charge >= 0.3 is 0 Å². The van der Waals surface area contributed by atoms with E-state index in [0.717, 1.165) is 0 Å². The summed E-state index contributed by atoms with van der Waals surface area (Å²) in [4.78, 5) is 40.3. The van der Waals surface area contributed by atoms with E-state index in [2.05, 4.69) is 0 Å². The van der Waals surface area contributed by atoms with Gasteiger partial charge in [-0.05, 0) is 37.1 Å². The van der Waals surface area contributed by atoms with E-state index in [1.807, 2.05) is 12.2 Å². The summed E-state index contributed by atoms with van der Waals surface area (Å²) >= 11 is 5.81. The van der Waals surface area contributed by atoms with Crippen LogP contribution in [0.3, 0.4) is 0 Å². The Morgan fingerprint density at radius 3 is 2.19 bits per heavy atom. The van der Waals surface area contributed by atoms with Crippen LogP contribution in [0.4, 0.5) is 0 Å². The lowest BCUT2D eigenvalue weighted by molar-refractivity contribution is -0.153. The molecule has 0 N–H and O–H groups in total. The van der Waals surface area contributed by atoms with Gasteiger partial charge in [0.15, 0.2) is 6.61 Å². The number of halogens is 1. The smallest absolute Gasteiger partial charge is 0.260 e. The van der Waals surface area contributed by atoms with Gasteiger partial charge in [0.25, 0.3) is 5.91 Å². The van der Waals surface area contributed by atoms with Crippen LogP contribution in [0.15, 0.2) is 36.4 Å². The zero-order valence-corrected chi connectivity index (χ0v) is 14.9. The van der Waals surface area contributed by atoms with Crippen LogP contribution in [0.1, 0.15) is 12.8 Å². The maximum Gasteiger partial charge on any atom is 0.260 e. The van der Waals surface area contributed by atoms with E-state index in [4.69, 9.17) is 16.3 Å². The van der Waals surface area contributed by atoms with Gasteiger partial charge in [-0.3, -0.25) is 19.3 Å². The summed E-state index contributed by atoms with van der Waals surface area (Å²) in [6.07, 6.45) is 5.22. The highest BCUT2D eigenvalue weighted by atomic mass is 35.5. The number of benzene rings is 1. The molecular weight excluding hydrogens is 356 g/mol. The molecule has 136 valence electrons. The van der Waals surface area contributed by atoms with Gasteiger partial charge in [-0.25, -0.2) is 0 Å². The van der Waals surface area contributed by atoms with Crippen LogP contribution >= 0.6 is 11.6 Å². The normalized spacial score (nSPS) is 25.3. The Bertz CT molecular complexity index is 744. The quantitative estimate of drug-likeness (QED) is 0.596. The standard InChI is InChI=1S/C19H19ClN2O4/c20-12-5-7-14(8-6-12)26-11-17(23)21-9-13(10-21)22-18(24)15-3-1-2-4-16(15)19(22)25/h1-2,5-8,13,15-16H,3-4,9-11H2. The third-order valence-electron chi connectivity index (χ3n) is 5.30. The van der Waals surface area contributed by atoms with Crippen molar-refractivity contribution >= 4 is 29.3 Å². The first kappa shape index (κ1) is 17.1. The van der Waals surface area contributed by atoms with Crippen molar-refractivity contribution < 1.29 is 19.1 Å². The van der Waals surface area contributed by atoms with Gasteiger partial charge in [0, 0.05) is 18.1 Å². The second-order valence-corrected chi connectivity index (χ2v) is 7.33.